The zero-order chi connectivity index (χ0) is 54.1. The van der Waals surface area contributed by atoms with Crippen LogP contribution in [0.5, 0.6) is 0 Å². The van der Waals surface area contributed by atoms with E-state index in [1.807, 2.05) is 13.0 Å². The average Bonchev–Trinajstić information content (AvgIpc) is 3.39. The third-order valence-corrected chi connectivity index (χ3v) is 14.5. The van der Waals surface area contributed by atoms with Crippen molar-refractivity contribution in [2.45, 2.75) is 291 Å². The van der Waals surface area contributed by atoms with E-state index in [1.165, 1.54) is 122 Å². The first kappa shape index (κ1) is 66.5. The maximum absolute atomic E-state index is 12.9. The van der Waals surface area contributed by atoms with Gasteiger partial charge in [0.2, 0.25) is 5.91 Å². The summed E-state index contributed by atoms with van der Waals surface area (Å²) in [6, 6.07) is -0.981. The van der Waals surface area contributed by atoms with Crippen molar-refractivity contribution in [1.82, 2.24) is 5.32 Å². The van der Waals surface area contributed by atoms with E-state index in [4.69, 9.17) is 28.4 Å². The normalized spacial score (nSPS) is 31.6. The lowest BCUT2D eigenvalue weighted by atomic mass is 9.96. The molecule has 3 heterocycles. The number of rotatable bonds is 41. The summed E-state index contributed by atoms with van der Waals surface area (Å²) in [6.07, 6.45) is 13.1. The molecule has 3 aliphatic rings. The number of aliphatic hydroxyl groups excluding tert-OH is 11. The molecule has 0 aliphatic carbocycles. The molecule has 0 aromatic heterocycles. The lowest BCUT2D eigenvalue weighted by molar-refractivity contribution is -0.379. The second kappa shape index (κ2) is 39.6. The third kappa shape index (κ3) is 24.1. The molecule has 0 radical (unpaired) electrons. The summed E-state index contributed by atoms with van der Waals surface area (Å²) in [7, 11) is 0. The highest BCUT2D eigenvalue weighted by Gasteiger charge is 2.53. The number of allylic oxidation sites excluding steroid dienone is 3. The molecule has 19 heteroatoms. The molecule has 3 fully saturated rings. The van der Waals surface area contributed by atoms with Crippen LogP contribution >= 0.6 is 0 Å². The molecule has 0 saturated carbocycles. The van der Waals surface area contributed by atoms with Crippen LogP contribution in [0.3, 0.4) is 0 Å². The fraction of sp³-hybridized carbons (Fsp3) is 0.909. The molecular weight excluding hydrogens is 963 g/mol. The first-order valence-corrected chi connectivity index (χ1v) is 28.6. The van der Waals surface area contributed by atoms with E-state index in [0.717, 1.165) is 32.1 Å². The zero-order valence-corrected chi connectivity index (χ0v) is 44.8. The van der Waals surface area contributed by atoms with E-state index in [9.17, 15) is 61.0 Å². The number of ether oxygens (including phenoxy) is 6. The van der Waals surface area contributed by atoms with Crippen LogP contribution in [0.25, 0.3) is 0 Å². The van der Waals surface area contributed by atoms with E-state index in [0.29, 0.717) is 12.8 Å². The van der Waals surface area contributed by atoms with Gasteiger partial charge in [0.25, 0.3) is 0 Å². The summed E-state index contributed by atoms with van der Waals surface area (Å²) in [5, 5.41) is 119. The van der Waals surface area contributed by atoms with E-state index >= 15 is 0 Å². The number of amides is 1. The second-order valence-electron chi connectivity index (χ2n) is 20.8. The lowest BCUT2D eigenvalue weighted by Gasteiger charge is -2.48. The lowest BCUT2D eigenvalue weighted by Crippen LogP contribution is -2.66. The van der Waals surface area contributed by atoms with Gasteiger partial charge in [0, 0.05) is 6.42 Å². The van der Waals surface area contributed by atoms with Crippen LogP contribution in [-0.4, -0.2) is 193 Å². The van der Waals surface area contributed by atoms with Gasteiger partial charge in [-0.2, -0.15) is 0 Å². The van der Waals surface area contributed by atoms with Gasteiger partial charge in [-0.05, 0) is 32.1 Å². The Morgan fingerprint density at radius 3 is 1.35 bits per heavy atom. The molecule has 3 saturated heterocycles. The first-order chi connectivity index (χ1) is 35.8. The fourth-order valence-electron chi connectivity index (χ4n) is 9.74. The summed E-state index contributed by atoms with van der Waals surface area (Å²) < 4.78 is 34.0. The topological polar surface area (TPSA) is 307 Å². The molecule has 0 bridgehead atoms. The molecule has 1 amide bonds. The highest BCUT2D eigenvalue weighted by atomic mass is 16.8. The SMILES string of the molecule is CCCCCCCCCCCCCCCCCCCCCC/C=C/CC/C=C/C(O)C(COC1OC(CO)C(OC2OC(CO)C(OC3OC(CO)C(O)C(O)C3O)C(O)C2O)C(O)C1O)NC(=O)CCCCC. The van der Waals surface area contributed by atoms with Crippen LogP contribution in [0, 0.1) is 0 Å². The largest absolute Gasteiger partial charge is 0.394 e. The molecule has 17 atom stereocenters. The molecule has 17 unspecified atom stereocenters. The van der Waals surface area contributed by atoms with Gasteiger partial charge in [-0.25, -0.2) is 0 Å². The molecule has 0 aromatic rings. The third-order valence-electron chi connectivity index (χ3n) is 14.5. The smallest absolute Gasteiger partial charge is 0.220 e. The second-order valence-corrected chi connectivity index (χ2v) is 20.8. The number of unbranched alkanes of at least 4 members (excludes halogenated alkanes) is 23. The number of carbonyl (C=O) groups excluding carboxylic acids is 1. The molecule has 434 valence electrons. The Morgan fingerprint density at radius 2 is 0.865 bits per heavy atom. The van der Waals surface area contributed by atoms with Gasteiger partial charge in [0.1, 0.15) is 73.2 Å². The Morgan fingerprint density at radius 1 is 0.473 bits per heavy atom. The number of nitrogens with one attached hydrogen (secondary N) is 1. The van der Waals surface area contributed by atoms with Crippen molar-refractivity contribution in [2.75, 3.05) is 26.4 Å². The number of carbonyl (C=O) groups is 1. The van der Waals surface area contributed by atoms with Gasteiger partial charge in [0.05, 0.1) is 38.6 Å². The Hall–Kier alpha value is -1.73. The van der Waals surface area contributed by atoms with E-state index in [-0.39, 0.29) is 18.9 Å². The van der Waals surface area contributed by atoms with Crippen molar-refractivity contribution in [3.63, 3.8) is 0 Å². The van der Waals surface area contributed by atoms with Crippen LogP contribution < -0.4 is 5.32 Å². The predicted molar refractivity (Wildman–Crippen MR) is 277 cm³/mol. The maximum atomic E-state index is 12.9. The monoisotopic (exact) mass is 1060 g/mol. The first-order valence-electron chi connectivity index (χ1n) is 28.6. The Labute approximate surface area is 441 Å². The molecule has 19 nitrogen and oxygen atoms in total. The van der Waals surface area contributed by atoms with Crippen LogP contribution in [0.2, 0.25) is 0 Å². The maximum Gasteiger partial charge on any atom is 0.220 e. The number of aliphatic hydroxyl groups is 11. The van der Waals surface area contributed by atoms with Gasteiger partial charge in [-0.1, -0.05) is 173 Å². The fourth-order valence-corrected chi connectivity index (χ4v) is 9.74. The van der Waals surface area contributed by atoms with E-state index in [1.54, 1.807) is 6.08 Å². The Balaban J connectivity index is 1.38. The van der Waals surface area contributed by atoms with Crippen LogP contribution in [0.1, 0.15) is 187 Å². The standard InChI is InChI=1S/C55H101NO18/c1-3-5-7-8-9-10-11-12-13-14-15-16-17-18-19-20-21-22-23-24-25-26-27-28-29-31-32-39(60)38(56-43(61)33-30-6-4-2)37-69-53-49(67)46(64)51(41(35-58)71-53)74-55-50(68)47(65)52(42(36-59)72-55)73-54-48(66)45(63)44(62)40(34-57)70-54/h26-27,31-32,38-42,44-55,57-60,62-68H,3-25,28-30,33-37H2,1-2H3,(H,56,61)/b27-26+,32-31+. The highest BCUT2D eigenvalue weighted by molar-refractivity contribution is 5.76. The zero-order valence-electron chi connectivity index (χ0n) is 44.8. The summed E-state index contributed by atoms with van der Waals surface area (Å²) in [5.41, 5.74) is 0. The van der Waals surface area contributed by atoms with Crippen LogP contribution in [0.4, 0.5) is 0 Å². The predicted octanol–water partition coefficient (Wildman–Crippen LogP) is 3.98. The van der Waals surface area contributed by atoms with Gasteiger partial charge >= 0.3 is 0 Å². The van der Waals surface area contributed by atoms with Crippen molar-refractivity contribution in [1.29, 1.82) is 0 Å². The highest BCUT2D eigenvalue weighted by Crippen LogP contribution is 2.33. The van der Waals surface area contributed by atoms with Crippen molar-refractivity contribution in [3.8, 4) is 0 Å². The van der Waals surface area contributed by atoms with Gasteiger partial charge in [-0.15, -0.1) is 0 Å². The molecule has 0 aromatic carbocycles. The molecule has 74 heavy (non-hydrogen) atoms. The Bertz CT molecular complexity index is 1460. The summed E-state index contributed by atoms with van der Waals surface area (Å²) in [5.74, 6) is -0.311. The minimum absolute atomic E-state index is 0.222. The van der Waals surface area contributed by atoms with Gasteiger partial charge in [-0.3, -0.25) is 4.79 Å². The van der Waals surface area contributed by atoms with Gasteiger partial charge < -0.3 is 89.9 Å². The summed E-state index contributed by atoms with van der Waals surface area (Å²) in [4.78, 5) is 12.9. The molecule has 3 aliphatic heterocycles. The van der Waals surface area contributed by atoms with Crippen molar-refractivity contribution in [2.24, 2.45) is 0 Å². The van der Waals surface area contributed by atoms with E-state index < -0.39 is 124 Å². The van der Waals surface area contributed by atoms with Crippen molar-refractivity contribution >= 4 is 5.91 Å². The van der Waals surface area contributed by atoms with Crippen LogP contribution in [-0.2, 0) is 33.2 Å². The average molecular weight is 1060 g/mol. The molecule has 3 rings (SSSR count). The van der Waals surface area contributed by atoms with Crippen molar-refractivity contribution in [3.05, 3.63) is 24.3 Å². The quantitative estimate of drug-likeness (QED) is 0.0304. The summed E-state index contributed by atoms with van der Waals surface area (Å²) in [6.45, 7) is 1.50. The molecular formula is C55H101NO18. The van der Waals surface area contributed by atoms with Crippen LogP contribution in [0.15, 0.2) is 24.3 Å². The molecule has 0 spiro atoms. The number of hydrogen-bond donors (Lipinski definition) is 12. The number of hydrogen-bond acceptors (Lipinski definition) is 18. The van der Waals surface area contributed by atoms with Gasteiger partial charge in [0.15, 0.2) is 18.9 Å². The molecule has 12 N–H and O–H groups in total. The minimum atomic E-state index is -1.98. The Kier molecular flexibility index (Phi) is 35.6. The van der Waals surface area contributed by atoms with Crippen molar-refractivity contribution < 1.29 is 89.4 Å². The van der Waals surface area contributed by atoms with E-state index in [2.05, 4.69) is 24.4 Å². The summed E-state index contributed by atoms with van der Waals surface area (Å²) >= 11 is 0. The minimum Gasteiger partial charge on any atom is -0.394 e.